The van der Waals surface area contributed by atoms with E-state index in [0.717, 1.165) is 17.2 Å². The highest BCUT2D eigenvalue weighted by Gasteiger charge is 2.14. The van der Waals surface area contributed by atoms with E-state index in [1.54, 1.807) is 12.4 Å². The Labute approximate surface area is 118 Å². The molecule has 0 saturated carbocycles. The maximum absolute atomic E-state index is 13.9. The number of carbonyl (C=O) groups excluding carboxylic acids is 1. The molecule has 0 aliphatic rings. The zero-order valence-corrected chi connectivity index (χ0v) is 11.7. The van der Waals surface area contributed by atoms with Crippen LogP contribution >= 0.6 is 0 Å². The van der Waals surface area contributed by atoms with Crippen LogP contribution in [0.15, 0.2) is 36.4 Å². The van der Waals surface area contributed by atoms with Crippen LogP contribution in [0, 0.1) is 5.82 Å². The highest BCUT2D eigenvalue weighted by molar-refractivity contribution is 5.82. The predicted octanol–water partition coefficient (Wildman–Crippen LogP) is 4.08. The Morgan fingerprint density at radius 2 is 1.95 bits per heavy atom. The van der Waals surface area contributed by atoms with E-state index in [1.165, 1.54) is 7.11 Å². The first kappa shape index (κ1) is 14.3. The van der Waals surface area contributed by atoms with Gasteiger partial charge < -0.3 is 4.74 Å². The monoisotopic (exact) mass is 271 g/mol. The van der Waals surface area contributed by atoms with Gasteiger partial charge in [0.05, 0.1) is 7.11 Å². The first-order valence-electron chi connectivity index (χ1n) is 6.42. The summed E-state index contributed by atoms with van der Waals surface area (Å²) in [6.45, 7) is 4.18. The molecule has 103 valence electrons. The largest absolute Gasteiger partial charge is 0.493 e. The second-order valence-corrected chi connectivity index (χ2v) is 4.92. The molecule has 0 spiro atoms. The van der Waals surface area contributed by atoms with Crippen LogP contribution < -0.4 is 4.74 Å². The third-order valence-corrected chi connectivity index (χ3v) is 3.23. The van der Waals surface area contributed by atoms with Gasteiger partial charge in [-0.05, 0) is 29.2 Å². The zero-order valence-electron chi connectivity index (χ0n) is 11.7. The number of hydrogen-bond acceptors (Lipinski definition) is 2. The van der Waals surface area contributed by atoms with Gasteiger partial charge in [-0.2, -0.15) is 0 Å². The lowest BCUT2D eigenvalue weighted by Crippen LogP contribution is -1.96. The van der Waals surface area contributed by atoms with Gasteiger partial charge in [0.25, 0.3) is 0 Å². The molecule has 0 bridgehead atoms. The minimum absolute atomic E-state index is 0.143. The smallest absolute Gasteiger partial charge is 0.233 e. The molecule has 2 rings (SSSR count). The fourth-order valence-corrected chi connectivity index (χ4v) is 2.14. The van der Waals surface area contributed by atoms with Crippen LogP contribution in [0.4, 0.5) is 4.39 Å². The van der Waals surface area contributed by atoms with E-state index in [2.05, 4.69) is 13.8 Å². The van der Waals surface area contributed by atoms with Gasteiger partial charge in [-0.1, -0.05) is 38.1 Å². The van der Waals surface area contributed by atoms with E-state index in [9.17, 15) is 9.18 Å². The first-order valence-corrected chi connectivity index (χ1v) is 6.42. The molecule has 0 aliphatic heterocycles. The lowest BCUT2D eigenvalue weighted by molar-refractivity contribution is 0.388. The SMILES string of the molecule is COc1c(F)cc([C]=O)cc1-c1cccc(C(C)C)c1. The van der Waals surface area contributed by atoms with Crippen LogP contribution in [-0.4, -0.2) is 13.4 Å². The minimum atomic E-state index is -0.557. The summed E-state index contributed by atoms with van der Waals surface area (Å²) in [7, 11) is 1.42. The summed E-state index contributed by atoms with van der Waals surface area (Å²) in [5.41, 5.74) is 2.70. The molecule has 0 N–H and O–H groups in total. The number of benzene rings is 2. The Kier molecular flexibility index (Phi) is 4.18. The topological polar surface area (TPSA) is 26.3 Å². The van der Waals surface area contributed by atoms with Crippen LogP contribution in [0.2, 0.25) is 0 Å². The van der Waals surface area contributed by atoms with Crippen molar-refractivity contribution >= 4 is 6.29 Å². The zero-order chi connectivity index (χ0) is 14.7. The van der Waals surface area contributed by atoms with Gasteiger partial charge in [0, 0.05) is 11.1 Å². The number of hydrogen-bond donors (Lipinski definition) is 0. The maximum atomic E-state index is 13.9. The van der Waals surface area contributed by atoms with Gasteiger partial charge in [-0.3, -0.25) is 4.79 Å². The summed E-state index contributed by atoms with van der Waals surface area (Å²) in [6.07, 6.45) is 1.72. The van der Waals surface area contributed by atoms with E-state index in [0.29, 0.717) is 11.5 Å². The minimum Gasteiger partial charge on any atom is -0.493 e. The van der Waals surface area contributed by atoms with Crippen molar-refractivity contribution in [3.05, 3.63) is 53.3 Å². The van der Waals surface area contributed by atoms with Crippen LogP contribution in [0.5, 0.6) is 5.75 Å². The molecule has 1 radical (unpaired) electrons. The van der Waals surface area contributed by atoms with E-state index >= 15 is 0 Å². The van der Waals surface area contributed by atoms with Crippen molar-refractivity contribution in [1.82, 2.24) is 0 Å². The van der Waals surface area contributed by atoms with E-state index in [4.69, 9.17) is 4.74 Å². The normalized spacial score (nSPS) is 10.7. The van der Waals surface area contributed by atoms with Crippen molar-refractivity contribution in [2.24, 2.45) is 0 Å². The van der Waals surface area contributed by atoms with Crippen LogP contribution in [-0.2, 0) is 4.79 Å². The fraction of sp³-hybridized carbons (Fsp3) is 0.235. The van der Waals surface area contributed by atoms with Crippen molar-refractivity contribution < 1.29 is 13.9 Å². The molecule has 3 heteroatoms. The summed E-state index contributed by atoms with van der Waals surface area (Å²) in [6, 6.07) is 10.5. The second kappa shape index (κ2) is 5.87. The summed E-state index contributed by atoms with van der Waals surface area (Å²) in [5, 5.41) is 0. The van der Waals surface area contributed by atoms with Crippen LogP contribution in [0.3, 0.4) is 0 Å². The van der Waals surface area contributed by atoms with Gasteiger partial charge in [0.1, 0.15) is 0 Å². The standard InChI is InChI=1S/C17H16FO2/c1-11(2)13-5-4-6-14(9-13)15-7-12(10-19)8-16(18)17(15)20-3/h4-9,11H,1-3H3. The summed E-state index contributed by atoms with van der Waals surface area (Å²) in [4.78, 5) is 10.8. The van der Waals surface area contributed by atoms with Crippen LogP contribution in [0.25, 0.3) is 11.1 Å². The second-order valence-electron chi connectivity index (χ2n) is 4.92. The lowest BCUT2D eigenvalue weighted by atomic mass is 9.96. The van der Waals surface area contributed by atoms with Crippen molar-refractivity contribution in [1.29, 1.82) is 0 Å². The average molecular weight is 271 g/mol. The Morgan fingerprint density at radius 1 is 1.20 bits per heavy atom. The van der Waals surface area contributed by atoms with Gasteiger partial charge in [0.2, 0.25) is 6.29 Å². The molecule has 0 saturated heterocycles. The molecular weight excluding hydrogens is 255 g/mol. The molecule has 0 atom stereocenters. The quantitative estimate of drug-likeness (QED) is 0.837. The summed E-state index contributed by atoms with van der Waals surface area (Å²) >= 11 is 0. The highest BCUT2D eigenvalue weighted by Crippen LogP contribution is 2.34. The van der Waals surface area contributed by atoms with E-state index < -0.39 is 5.82 Å². The first-order chi connectivity index (χ1) is 9.56. The van der Waals surface area contributed by atoms with Gasteiger partial charge in [-0.25, -0.2) is 4.39 Å². The van der Waals surface area contributed by atoms with Crippen molar-refractivity contribution in [2.75, 3.05) is 7.11 Å². The van der Waals surface area contributed by atoms with Crippen LogP contribution in [0.1, 0.15) is 30.9 Å². The Morgan fingerprint density at radius 3 is 2.55 bits per heavy atom. The summed E-state index contributed by atoms with van der Waals surface area (Å²) in [5.74, 6) is -0.0465. The molecule has 0 unspecified atom stereocenters. The van der Waals surface area contributed by atoms with Crippen molar-refractivity contribution in [3.63, 3.8) is 0 Å². The third kappa shape index (κ3) is 2.72. The molecule has 0 fully saturated rings. The number of methoxy groups -OCH3 is 1. The number of rotatable bonds is 4. The molecule has 0 aliphatic carbocycles. The van der Waals surface area contributed by atoms with Crippen molar-refractivity contribution in [3.8, 4) is 16.9 Å². The molecule has 2 aromatic carbocycles. The Bertz CT molecular complexity index is 633. The molecule has 2 aromatic rings. The molecule has 20 heavy (non-hydrogen) atoms. The fourth-order valence-electron chi connectivity index (χ4n) is 2.14. The Balaban J connectivity index is 2.64. The van der Waals surface area contributed by atoms with E-state index in [-0.39, 0.29) is 11.3 Å². The number of ether oxygens (including phenoxy) is 1. The van der Waals surface area contributed by atoms with Gasteiger partial charge >= 0.3 is 0 Å². The average Bonchev–Trinajstić information content (AvgIpc) is 2.46. The predicted molar refractivity (Wildman–Crippen MR) is 77.3 cm³/mol. The van der Waals surface area contributed by atoms with E-state index in [1.807, 2.05) is 24.3 Å². The molecule has 0 amide bonds. The van der Waals surface area contributed by atoms with Gasteiger partial charge in [0.15, 0.2) is 11.6 Å². The molecule has 2 nitrogen and oxygen atoms in total. The molecule has 0 heterocycles. The third-order valence-electron chi connectivity index (χ3n) is 3.23. The highest BCUT2D eigenvalue weighted by atomic mass is 19.1. The Hall–Kier alpha value is -2.16. The van der Waals surface area contributed by atoms with Crippen molar-refractivity contribution in [2.45, 2.75) is 19.8 Å². The molecule has 0 aromatic heterocycles. The van der Waals surface area contributed by atoms with Gasteiger partial charge in [-0.15, -0.1) is 0 Å². The number of halogens is 1. The summed E-state index contributed by atoms with van der Waals surface area (Å²) < 4.78 is 19.1. The molecular formula is C17H16FO2. The maximum Gasteiger partial charge on any atom is 0.233 e. The lowest BCUT2D eigenvalue weighted by Gasteiger charge is -2.13.